The quantitative estimate of drug-likeness (QED) is 0.291. The highest BCUT2D eigenvalue weighted by atomic mass is 16.5. The molecule has 0 saturated carbocycles. The molecule has 2 heterocycles. The summed E-state index contributed by atoms with van der Waals surface area (Å²) in [6, 6.07) is 22.7. The van der Waals surface area contributed by atoms with Crippen LogP contribution in [0.15, 0.2) is 66.7 Å². The first-order valence-corrected chi connectivity index (χ1v) is 14.4. The summed E-state index contributed by atoms with van der Waals surface area (Å²) in [5.74, 6) is 3.59. The van der Waals surface area contributed by atoms with E-state index in [1.54, 1.807) is 21.3 Å². The predicted octanol–water partition coefficient (Wildman–Crippen LogP) is 5.05. The van der Waals surface area contributed by atoms with Gasteiger partial charge in [0.15, 0.2) is 0 Å². The third-order valence-electron chi connectivity index (χ3n) is 7.85. The molecule has 8 nitrogen and oxygen atoms in total. The average Bonchev–Trinajstić information content (AvgIpc) is 3.03. The molecular weight excluding hydrogens is 520 g/mol. The van der Waals surface area contributed by atoms with Crippen LogP contribution in [0.3, 0.4) is 0 Å². The normalized spacial score (nSPS) is 20.2. The molecule has 3 aromatic rings. The van der Waals surface area contributed by atoms with E-state index in [-0.39, 0.29) is 18.1 Å². The van der Waals surface area contributed by atoms with E-state index in [0.717, 1.165) is 73.3 Å². The smallest absolute Gasteiger partial charge is 0.142 e. The van der Waals surface area contributed by atoms with Gasteiger partial charge in [-0.15, -0.1) is 0 Å². The molecule has 3 atom stereocenters. The van der Waals surface area contributed by atoms with E-state index in [1.165, 1.54) is 5.56 Å². The lowest BCUT2D eigenvalue weighted by molar-refractivity contribution is -0.000723. The van der Waals surface area contributed by atoms with E-state index in [9.17, 15) is 0 Å². The van der Waals surface area contributed by atoms with Crippen molar-refractivity contribution < 1.29 is 28.4 Å². The van der Waals surface area contributed by atoms with Crippen LogP contribution in [0.25, 0.3) is 0 Å². The maximum atomic E-state index is 6.63. The molecule has 3 aromatic carbocycles. The van der Waals surface area contributed by atoms with Crippen LogP contribution in [0.1, 0.15) is 29.9 Å². The summed E-state index contributed by atoms with van der Waals surface area (Å²) in [5, 5.41) is 3.67. The Hall–Kier alpha value is -3.46. The van der Waals surface area contributed by atoms with Crippen LogP contribution in [-0.4, -0.2) is 72.9 Å². The number of methoxy groups -OCH3 is 3. The molecule has 0 bridgehead atoms. The summed E-state index contributed by atoms with van der Waals surface area (Å²) in [6.45, 7) is 5.12. The highest BCUT2D eigenvalue weighted by molar-refractivity contribution is 5.61. The summed E-state index contributed by atoms with van der Waals surface area (Å²) >= 11 is 0. The minimum absolute atomic E-state index is 0.0153. The van der Waals surface area contributed by atoms with Crippen molar-refractivity contribution in [2.45, 2.75) is 37.5 Å². The first-order chi connectivity index (χ1) is 20.2. The van der Waals surface area contributed by atoms with Crippen molar-refractivity contribution in [3.63, 3.8) is 0 Å². The zero-order valence-corrected chi connectivity index (χ0v) is 24.3. The van der Waals surface area contributed by atoms with Gasteiger partial charge >= 0.3 is 0 Å². The number of benzene rings is 3. The first-order valence-electron chi connectivity index (χ1n) is 14.4. The third kappa shape index (κ3) is 7.64. The Bertz CT molecular complexity index is 1240. The molecule has 0 amide bonds. The van der Waals surface area contributed by atoms with Crippen LogP contribution in [0.4, 0.5) is 5.69 Å². The topological polar surface area (TPSA) is 70.7 Å². The molecule has 1 saturated heterocycles. The molecule has 1 N–H and O–H groups in total. The van der Waals surface area contributed by atoms with Gasteiger partial charge in [-0.05, 0) is 60.4 Å². The fourth-order valence-electron chi connectivity index (χ4n) is 5.60. The Kier molecular flexibility index (Phi) is 10.2. The van der Waals surface area contributed by atoms with Crippen molar-refractivity contribution in [2.24, 2.45) is 0 Å². The van der Waals surface area contributed by atoms with E-state index >= 15 is 0 Å². The van der Waals surface area contributed by atoms with Gasteiger partial charge in [-0.1, -0.05) is 24.3 Å². The van der Waals surface area contributed by atoms with Crippen molar-refractivity contribution in [1.82, 2.24) is 5.32 Å². The van der Waals surface area contributed by atoms with Crippen LogP contribution >= 0.6 is 0 Å². The van der Waals surface area contributed by atoms with Gasteiger partial charge in [0.05, 0.1) is 39.2 Å². The van der Waals surface area contributed by atoms with Crippen LogP contribution in [0, 0.1) is 0 Å². The lowest BCUT2D eigenvalue weighted by Gasteiger charge is -2.37. The van der Waals surface area contributed by atoms with Gasteiger partial charge in [-0.2, -0.15) is 0 Å². The van der Waals surface area contributed by atoms with Crippen LogP contribution in [-0.2, 0) is 16.1 Å². The highest BCUT2D eigenvalue weighted by Crippen LogP contribution is 2.35. The molecule has 0 radical (unpaired) electrons. The van der Waals surface area contributed by atoms with Crippen molar-refractivity contribution in [3.05, 3.63) is 77.9 Å². The maximum absolute atomic E-state index is 6.63. The molecule has 0 spiro atoms. The van der Waals surface area contributed by atoms with Gasteiger partial charge in [0.2, 0.25) is 0 Å². The molecule has 1 fully saturated rings. The summed E-state index contributed by atoms with van der Waals surface area (Å²) < 4.78 is 34.7. The zero-order valence-electron chi connectivity index (χ0n) is 24.3. The lowest BCUT2D eigenvalue weighted by atomic mass is 9.84. The third-order valence-corrected chi connectivity index (χ3v) is 7.85. The van der Waals surface area contributed by atoms with Gasteiger partial charge in [-0.3, -0.25) is 0 Å². The second-order valence-corrected chi connectivity index (χ2v) is 10.5. The summed E-state index contributed by atoms with van der Waals surface area (Å²) in [4.78, 5) is 2.39. The molecule has 2 aliphatic heterocycles. The Morgan fingerprint density at radius 1 is 0.927 bits per heavy atom. The standard InChI is InChI=1S/C33H42N2O6/c1-36-16-5-14-35-15-17-39-32-13-8-24(18-31(32)35)22-41-33-21-34-26(23-40-29-7-4-6-28(20-29)38-3)19-30(33)25-9-11-27(37-2)12-10-25/h4,6-13,18,20,26,30,33-34H,5,14-17,19,21-23H2,1-3H3/t26-,30?,33-/m0/s1. The van der Waals surface area contributed by atoms with Crippen LogP contribution in [0.5, 0.6) is 23.0 Å². The maximum Gasteiger partial charge on any atom is 0.142 e. The molecule has 0 aromatic heterocycles. The number of nitrogens with one attached hydrogen (secondary N) is 1. The average molecular weight is 563 g/mol. The van der Waals surface area contributed by atoms with E-state index in [2.05, 4.69) is 40.5 Å². The summed E-state index contributed by atoms with van der Waals surface area (Å²) in [5.41, 5.74) is 3.52. The largest absolute Gasteiger partial charge is 0.497 e. The van der Waals surface area contributed by atoms with Crippen molar-refractivity contribution in [2.75, 3.05) is 65.7 Å². The van der Waals surface area contributed by atoms with Crippen molar-refractivity contribution in [1.29, 1.82) is 0 Å². The van der Waals surface area contributed by atoms with Gasteiger partial charge in [0.25, 0.3) is 0 Å². The van der Waals surface area contributed by atoms with Crippen molar-refractivity contribution >= 4 is 5.69 Å². The number of nitrogens with zero attached hydrogens (tertiary/aromatic N) is 1. The number of ether oxygens (including phenoxy) is 6. The Labute approximate surface area is 243 Å². The van der Waals surface area contributed by atoms with E-state index in [4.69, 9.17) is 28.4 Å². The molecule has 1 unspecified atom stereocenters. The molecule has 41 heavy (non-hydrogen) atoms. The van der Waals surface area contributed by atoms with Gasteiger partial charge in [0.1, 0.15) is 36.2 Å². The second-order valence-electron chi connectivity index (χ2n) is 10.5. The van der Waals surface area contributed by atoms with Crippen molar-refractivity contribution in [3.8, 4) is 23.0 Å². The molecule has 220 valence electrons. The second kappa shape index (κ2) is 14.4. The molecule has 0 aliphatic carbocycles. The number of piperidine rings is 1. The highest BCUT2D eigenvalue weighted by Gasteiger charge is 2.33. The Morgan fingerprint density at radius 2 is 1.76 bits per heavy atom. The van der Waals surface area contributed by atoms with Crippen LogP contribution in [0.2, 0.25) is 0 Å². The summed E-state index contributed by atoms with van der Waals surface area (Å²) in [7, 11) is 5.11. The fourth-order valence-corrected chi connectivity index (χ4v) is 5.60. The van der Waals surface area contributed by atoms with Gasteiger partial charge in [0, 0.05) is 44.8 Å². The monoisotopic (exact) mass is 562 g/mol. The lowest BCUT2D eigenvalue weighted by Crippen LogP contribution is -2.49. The first kappa shape index (κ1) is 29.0. The Morgan fingerprint density at radius 3 is 2.56 bits per heavy atom. The number of hydrogen-bond acceptors (Lipinski definition) is 8. The minimum Gasteiger partial charge on any atom is -0.497 e. The zero-order chi connectivity index (χ0) is 28.4. The fraction of sp³-hybridized carbons (Fsp3) is 0.455. The Balaban J connectivity index is 1.25. The summed E-state index contributed by atoms with van der Waals surface area (Å²) in [6.07, 6.45) is 1.89. The number of hydrogen-bond donors (Lipinski definition) is 1. The van der Waals surface area contributed by atoms with Gasteiger partial charge < -0.3 is 38.6 Å². The molecule has 5 rings (SSSR count). The molecule has 8 heteroatoms. The number of anilines is 1. The predicted molar refractivity (Wildman–Crippen MR) is 160 cm³/mol. The SMILES string of the molecule is COCCCN1CCOc2ccc(CO[C@H]3CN[C@H](COc4cccc(OC)c4)CC3c3ccc(OC)cc3)cc21. The molecule has 2 aliphatic rings. The number of fused-ring (bicyclic) bond motifs is 1. The van der Waals surface area contributed by atoms with E-state index in [0.29, 0.717) is 19.8 Å². The van der Waals surface area contributed by atoms with E-state index in [1.807, 2.05) is 36.4 Å². The number of rotatable bonds is 13. The van der Waals surface area contributed by atoms with E-state index < -0.39 is 0 Å². The van der Waals surface area contributed by atoms with Gasteiger partial charge in [-0.25, -0.2) is 0 Å². The molecular formula is C33H42N2O6. The minimum atomic E-state index is 0.0153. The van der Waals surface area contributed by atoms with Crippen LogP contribution < -0.4 is 29.2 Å².